The van der Waals surface area contributed by atoms with Gasteiger partial charge in [-0.15, -0.1) is 0 Å². The minimum atomic E-state index is -1.17. The molecule has 2 N–H and O–H groups in total. The molecule has 3 atom stereocenters. The van der Waals surface area contributed by atoms with Gasteiger partial charge in [-0.3, -0.25) is 0 Å². The molecule has 60 valence electrons. The van der Waals surface area contributed by atoms with Crippen molar-refractivity contribution < 1.29 is 19.3 Å². The average molecular weight is 150 g/mol. The molecular formula is C6H11FO3. The second-order valence-corrected chi connectivity index (χ2v) is 2.41. The molecule has 1 rings (SSSR count). The zero-order valence-corrected chi connectivity index (χ0v) is 5.53. The van der Waals surface area contributed by atoms with Crippen molar-refractivity contribution in [3.8, 4) is 0 Å². The van der Waals surface area contributed by atoms with Crippen molar-refractivity contribution in [1.29, 1.82) is 0 Å². The summed E-state index contributed by atoms with van der Waals surface area (Å²) in [6.45, 7) is -0.454. The third-order valence-electron chi connectivity index (χ3n) is 1.64. The van der Waals surface area contributed by atoms with Crippen LogP contribution in [0.15, 0.2) is 0 Å². The van der Waals surface area contributed by atoms with Gasteiger partial charge in [-0.1, -0.05) is 0 Å². The van der Waals surface area contributed by atoms with Crippen molar-refractivity contribution in [3.05, 3.63) is 0 Å². The van der Waals surface area contributed by atoms with Gasteiger partial charge in [0.05, 0.1) is 6.10 Å². The third kappa shape index (κ3) is 1.45. The number of aliphatic hydroxyl groups is 2. The van der Waals surface area contributed by atoms with Crippen LogP contribution in [-0.4, -0.2) is 41.8 Å². The van der Waals surface area contributed by atoms with E-state index in [-0.39, 0.29) is 0 Å². The SMILES string of the molecule is OC(CF)[C@H]1OCC[C@H]1O. The van der Waals surface area contributed by atoms with Gasteiger partial charge in [0, 0.05) is 6.61 Å². The molecule has 1 heterocycles. The Morgan fingerprint density at radius 1 is 1.70 bits per heavy atom. The highest BCUT2D eigenvalue weighted by Gasteiger charge is 2.32. The first-order valence-corrected chi connectivity index (χ1v) is 3.29. The fraction of sp³-hybridized carbons (Fsp3) is 1.00. The molecule has 1 fully saturated rings. The molecule has 0 spiro atoms. The summed E-state index contributed by atoms with van der Waals surface area (Å²) in [6, 6.07) is 0. The van der Waals surface area contributed by atoms with Gasteiger partial charge in [-0.05, 0) is 6.42 Å². The van der Waals surface area contributed by atoms with Gasteiger partial charge in [-0.2, -0.15) is 0 Å². The molecule has 0 radical (unpaired) electrons. The van der Waals surface area contributed by atoms with Crippen LogP contribution < -0.4 is 0 Å². The first-order valence-electron chi connectivity index (χ1n) is 3.29. The second kappa shape index (κ2) is 3.27. The van der Waals surface area contributed by atoms with Crippen molar-refractivity contribution in [2.75, 3.05) is 13.3 Å². The van der Waals surface area contributed by atoms with Crippen LogP contribution in [0.5, 0.6) is 0 Å². The molecule has 1 aliphatic rings. The van der Waals surface area contributed by atoms with Crippen molar-refractivity contribution in [3.63, 3.8) is 0 Å². The van der Waals surface area contributed by atoms with E-state index in [4.69, 9.17) is 14.9 Å². The lowest BCUT2D eigenvalue weighted by atomic mass is 10.1. The highest BCUT2D eigenvalue weighted by molar-refractivity contribution is 4.81. The fourth-order valence-electron chi connectivity index (χ4n) is 1.06. The summed E-state index contributed by atoms with van der Waals surface area (Å²) < 4.78 is 16.6. The molecule has 0 amide bonds. The van der Waals surface area contributed by atoms with Gasteiger partial charge in [0.25, 0.3) is 0 Å². The standard InChI is InChI=1S/C6H11FO3/c7-3-5(9)6-4(8)1-2-10-6/h4-6,8-9H,1-3H2/t4-,5?,6+/m1/s1. The topological polar surface area (TPSA) is 49.7 Å². The smallest absolute Gasteiger partial charge is 0.118 e. The Morgan fingerprint density at radius 3 is 2.80 bits per heavy atom. The minimum absolute atomic E-state index is 0.406. The van der Waals surface area contributed by atoms with Gasteiger partial charge >= 0.3 is 0 Å². The Morgan fingerprint density at radius 2 is 2.40 bits per heavy atom. The molecule has 0 saturated carbocycles. The summed E-state index contributed by atoms with van der Waals surface area (Å²) in [5.41, 5.74) is 0. The molecule has 0 bridgehead atoms. The largest absolute Gasteiger partial charge is 0.390 e. The van der Waals surface area contributed by atoms with Crippen molar-refractivity contribution in [2.24, 2.45) is 0 Å². The molecule has 1 saturated heterocycles. The van der Waals surface area contributed by atoms with Crippen LogP contribution in [0.2, 0.25) is 0 Å². The number of hydrogen-bond acceptors (Lipinski definition) is 3. The Hall–Kier alpha value is -0.190. The number of ether oxygens (including phenoxy) is 1. The predicted octanol–water partition coefficient (Wildman–Crippen LogP) is -0.533. The molecule has 0 aromatic heterocycles. The molecule has 3 nitrogen and oxygen atoms in total. The lowest BCUT2D eigenvalue weighted by Gasteiger charge is -2.16. The fourth-order valence-corrected chi connectivity index (χ4v) is 1.06. The van der Waals surface area contributed by atoms with Crippen molar-refractivity contribution in [1.82, 2.24) is 0 Å². The summed E-state index contributed by atoms with van der Waals surface area (Å²) >= 11 is 0. The van der Waals surface area contributed by atoms with E-state index in [1.165, 1.54) is 0 Å². The molecule has 4 heteroatoms. The van der Waals surface area contributed by atoms with E-state index in [0.29, 0.717) is 13.0 Å². The Kier molecular flexibility index (Phi) is 2.59. The van der Waals surface area contributed by atoms with Crippen LogP contribution >= 0.6 is 0 Å². The highest BCUT2D eigenvalue weighted by atomic mass is 19.1. The number of rotatable bonds is 2. The van der Waals surface area contributed by atoms with E-state index in [9.17, 15) is 4.39 Å². The first-order chi connectivity index (χ1) is 4.75. The Balaban J connectivity index is 2.38. The van der Waals surface area contributed by atoms with E-state index in [0.717, 1.165) is 0 Å². The van der Waals surface area contributed by atoms with Gasteiger partial charge in [-0.25, -0.2) is 4.39 Å². The summed E-state index contributed by atoms with van der Waals surface area (Å²) in [4.78, 5) is 0. The Labute approximate surface area is 58.4 Å². The zero-order chi connectivity index (χ0) is 7.56. The van der Waals surface area contributed by atoms with Gasteiger partial charge in [0.1, 0.15) is 18.9 Å². The van der Waals surface area contributed by atoms with Crippen molar-refractivity contribution in [2.45, 2.75) is 24.7 Å². The summed E-state index contributed by atoms with van der Waals surface area (Å²) in [5, 5.41) is 17.9. The average Bonchev–Trinajstić information content (AvgIpc) is 2.34. The molecule has 10 heavy (non-hydrogen) atoms. The van der Waals surface area contributed by atoms with Crippen LogP contribution in [0.3, 0.4) is 0 Å². The summed E-state index contributed by atoms with van der Waals surface area (Å²) in [7, 11) is 0. The van der Waals surface area contributed by atoms with Crippen molar-refractivity contribution >= 4 is 0 Å². The zero-order valence-electron chi connectivity index (χ0n) is 5.53. The molecular weight excluding hydrogens is 139 g/mol. The third-order valence-corrected chi connectivity index (χ3v) is 1.64. The molecule has 1 aliphatic heterocycles. The number of hydrogen-bond donors (Lipinski definition) is 2. The quantitative estimate of drug-likeness (QED) is 0.556. The van der Waals surface area contributed by atoms with E-state index in [1.807, 2.05) is 0 Å². The maximum absolute atomic E-state index is 11.8. The van der Waals surface area contributed by atoms with Crippen LogP contribution in [0, 0.1) is 0 Å². The maximum Gasteiger partial charge on any atom is 0.118 e. The molecule has 1 unspecified atom stereocenters. The van der Waals surface area contributed by atoms with Crippen LogP contribution in [-0.2, 0) is 4.74 Å². The molecule has 0 aliphatic carbocycles. The summed E-state index contributed by atoms with van der Waals surface area (Å²) in [5.74, 6) is 0. The van der Waals surface area contributed by atoms with Gasteiger partial charge < -0.3 is 14.9 Å². The molecule has 0 aromatic rings. The van der Waals surface area contributed by atoms with E-state index in [2.05, 4.69) is 0 Å². The minimum Gasteiger partial charge on any atom is -0.390 e. The lowest BCUT2D eigenvalue weighted by molar-refractivity contribution is -0.0531. The van der Waals surface area contributed by atoms with E-state index >= 15 is 0 Å². The van der Waals surface area contributed by atoms with E-state index < -0.39 is 25.0 Å². The predicted molar refractivity (Wildman–Crippen MR) is 32.3 cm³/mol. The maximum atomic E-state index is 11.8. The second-order valence-electron chi connectivity index (χ2n) is 2.41. The van der Waals surface area contributed by atoms with Gasteiger partial charge in [0.15, 0.2) is 0 Å². The monoisotopic (exact) mass is 150 g/mol. The summed E-state index contributed by atoms with van der Waals surface area (Å²) in [6.07, 6.45) is -2.10. The first kappa shape index (κ1) is 7.91. The normalized spacial score (nSPS) is 36.3. The number of halogens is 1. The van der Waals surface area contributed by atoms with Crippen LogP contribution in [0.25, 0.3) is 0 Å². The number of alkyl halides is 1. The highest BCUT2D eigenvalue weighted by Crippen LogP contribution is 2.16. The van der Waals surface area contributed by atoms with E-state index in [1.54, 1.807) is 0 Å². The van der Waals surface area contributed by atoms with Gasteiger partial charge in [0.2, 0.25) is 0 Å². The Bertz CT molecular complexity index is 109. The van der Waals surface area contributed by atoms with Crippen LogP contribution in [0.4, 0.5) is 4.39 Å². The molecule has 0 aromatic carbocycles. The lowest BCUT2D eigenvalue weighted by Crippen LogP contribution is -2.35. The number of aliphatic hydroxyl groups excluding tert-OH is 2. The van der Waals surface area contributed by atoms with Crippen LogP contribution in [0.1, 0.15) is 6.42 Å².